The lowest BCUT2D eigenvalue weighted by molar-refractivity contribution is 0.590. The van der Waals surface area contributed by atoms with Crippen molar-refractivity contribution >= 4 is 5.69 Å². The van der Waals surface area contributed by atoms with Gasteiger partial charge in [0.15, 0.2) is 0 Å². The fraction of sp³-hybridized carbons (Fsp3) is 0.538. The Kier molecular flexibility index (Phi) is 3.62. The number of nitrogens with one attached hydrogen (secondary N) is 2. The van der Waals surface area contributed by atoms with Gasteiger partial charge in [0.1, 0.15) is 0 Å². The molecule has 1 aliphatic heterocycles. The molecule has 0 spiro atoms. The smallest absolute Gasteiger partial charge is 0.0376 e. The minimum atomic E-state index is 0.651. The third-order valence-electron chi connectivity index (χ3n) is 3.04. The first-order valence-electron chi connectivity index (χ1n) is 5.95. The molecule has 0 radical (unpaired) electrons. The lowest BCUT2D eigenvalue weighted by atomic mass is 10.0. The van der Waals surface area contributed by atoms with Crippen LogP contribution in [0, 0.1) is 0 Å². The fourth-order valence-electron chi connectivity index (χ4n) is 2.12. The van der Waals surface area contributed by atoms with Crippen LogP contribution in [-0.4, -0.2) is 19.6 Å². The van der Waals surface area contributed by atoms with Crippen molar-refractivity contribution in [2.24, 2.45) is 0 Å². The Bertz CT molecular complexity index is 309. The fourth-order valence-corrected chi connectivity index (χ4v) is 2.12. The van der Waals surface area contributed by atoms with Crippen LogP contribution in [0.25, 0.3) is 0 Å². The van der Waals surface area contributed by atoms with Crippen molar-refractivity contribution in [3.05, 3.63) is 29.8 Å². The Morgan fingerprint density at radius 3 is 3.13 bits per heavy atom. The van der Waals surface area contributed by atoms with Gasteiger partial charge in [-0.25, -0.2) is 0 Å². The molecule has 15 heavy (non-hydrogen) atoms. The Labute approximate surface area is 92.1 Å². The van der Waals surface area contributed by atoms with E-state index < -0.39 is 0 Å². The lowest BCUT2D eigenvalue weighted by Gasteiger charge is -2.11. The largest absolute Gasteiger partial charge is 0.384 e. The van der Waals surface area contributed by atoms with Crippen LogP contribution >= 0.6 is 0 Å². The number of benzene rings is 1. The molecule has 0 bridgehead atoms. The molecule has 1 atom stereocenters. The topological polar surface area (TPSA) is 24.1 Å². The van der Waals surface area contributed by atoms with Crippen molar-refractivity contribution in [2.45, 2.75) is 25.7 Å². The third-order valence-corrected chi connectivity index (χ3v) is 3.04. The number of rotatable bonds is 5. The zero-order chi connectivity index (χ0) is 10.5. The molecular formula is C13H20N2. The van der Waals surface area contributed by atoms with E-state index in [0.29, 0.717) is 5.92 Å². The van der Waals surface area contributed by atoms with Crippen LogP contribution in [0.5, 0.6) is 0 Å². The highest BCUT2D eigenvalue weighted by Gasteiger charge is 2.20. The maximum Gasteiger partial charge on any atom is 0.0376 e. The van der Waals surface area contributed by atoms with Gasteiger partial charge >= 0.3 is 0 Å². The first kappa shape index (κ1) is 10.5. The summed E-state index contributed by atoms with van der Waals surface area (Å²) < 4.78 is 0. The molecule has 2 rings (SSSR count). The SMILES string of the molecule is CCCCNCC1CNc2ccccc21. The van der Waals surface area contributed by atoms with Crippen LogP contribution in [0.2, 0.25) is 0 Å². The molecule has 82 valence electrons. The second kappa shape index (κ2) is 5.17. The maximum absolute atomic E-state index is 3.53. The Balaban J connectivity index is 1.85. The quantitative estimate of drug-likeness (QED) is 0.720. The van der Waals surface area contributed by atoms with Gasteiger partial charge in [0.2, 0.25) is 0 Å². The van der Waals surface area contributed by atoms with Gasteiger partial charge in [-0.1, -0.05) is 31.5 Å². The predicted octanol–water partition coefficient (Wildman–Crippen LogP) is 2.59. The standard InChI is InChI=1S/C13H20N2/c1-2-3-8-14-9-11-10-15-13-7-5-4-6-12(11)13/h4-7,11,14-15H,2-3,8-10H2,1H3. The van der Waals surface area contributed by atoms with Gasteiger partial charge in [-0.3, -0.25) is 0 Å². The molecule has 2 N–H and O–H groups in total. The molecule has 0 aliphatic carbocycles. The molecule has 1 aromatic rings. The summed E-state index contributed by atoms with van der Waals surface area (Å²) in [6.45, 7) is 5.56. The maximum atomic E-state index is 3.53. The number of anilines is 1. The summed E-state index contributed by atoms with van der Waals surface area (Å²) in [5, 5.41) is 6.98. The van der Waals surface area contributed by atoms with Crippen LogP contribution in [0.1, 0.15) is 31.2 Å². The van der Waals surface area contributed by atoms with Gasteiger partial charge in [0, 0.05) is 24.7 Å². The van der Waals surface area contributed by atoms with Crippen molar-refractivity contribution in [2.75, 3.05) is 25.0 Å². The van der Waals surface area contributed by atoms with Crippen molar-refractivity contribution in [1.29, 1.82) is 0 Å². The molecule has 0 aromatic heterocycles. The molecule has 2 nitrogen and oxygen atoms in total. The Morgan fingerprint density at radius 2 is 2.27 bits per heavy atom. The number of hydrogen-bond donors (Lipinski definition) is 2. The van der Waals surface area contributed by atoms with E-state index in [0.717, 1.165) is 19.6 Å². The van der Waals surface area contributed by atoms with E-state index in [2.05, 4.69) is 41.8 Å². The monoisotopic (exact) mass is 204 g/mol. The molecule has 1 aromatic carbocycles. The second-order valence-corrected chi connectivity index (χ2v) is 4.22. The molecule has 1 unspecified atom stereocenters. The Hall–Kier alpha value is -1.02. The third kappa shape index (κ3) is 2.51. The van der Waals surface area contributed by atoms with E-state index in [9.17, 15) is 0 Å². The van der Waals surface area contributed by atoms with E-state index >= 15 is 0 Å². The molecule has 0 fully saturated rings. The van der Waals surface area contributed by atoms with Crippen LogP contribution in [0.3, 0.4) is 0 Å². The normalized spacial score (nSPS) is 18.6. The molecule has 1 heterocycles. The summed E-state index contributed by atoms with van der Waals surface area (Å²) in [5.41, 5.74) is 2.79. The van der Waals surface area contributed by atoms with E-state index in [4.69, 9.17) is 0 Å². The summed E-state index contributed by atoms with van der Waals surface area (Å²) >= 11 is 0. The van der Waals surface area contributed by atoms with Crippen molar-refractivity contribution in [3.63, 3.8) is 0 Å². The van der Waals surface area contributed by atoms with Crippen LogP contribution < -0.4 is 10.6 Å². The van der Waals surface area contributed by atoms with E-state index in [1.54, 1.807) is 0 Å². The lowest BCUT2D eigenvalue weighted by Crippen LogP contribution is -2.23. The highest BCUT2D eigenvalue weighted by atomic mass is 14.9. The van der Waals surface area contributed by atoms with E-state index in [-0.39, 0.29) is 0 Å². The highest BCUT2D eigenvalue weighted by Crippen LogP contribution is 2.30. The molecule has 0 amide bonds. The van der Waals surface area contributed by atoms with Crippen LogP contribution in [-0.2, 0) is 0 Å². The summed E-state index contributed by atoms with van der Waals surface area (Å²) in [6, 6.07) is 8.63. The summed E-state index contributed by atoms with van der Waals surface area (Å²) in [5.74, 6) is 0.651. The minimum absolute atomic E-state index is 0.651. The van der Waals surface area contributed by atoms with Crippen LogP contribution in [0.15, 0.2) is 24.3 Å². The van der Waals surface area contributed by atoms with Gasteiger partial charge in [-0.2, -0.15) is 0 Å². The minimum Gasteiger partial charge on any atom is -0.384 e. The number of para-hydroxylation sites is 1. The van der Waals surface area contributed by atoms with Gasteiger partial charge in [0.25, 0.3) is 0 Å². The van der Waals surface area contributed by atoms with Gasteiger partial charge in [0.05, 0.1) is 0 Å². The van der Waals surface area contributed by atoms with Crippen molar-refractivity contribution in [3.8, 4) is 0 Å². The molecule has 0 saturated heterocycles. The summed E-state index contributed by atoms with van der Waals surface area (Å²) in [6.07, 6.45) is 2.55. The average molecular weight is 204 g/mol. The van der Waals surface area contributed by atoms with E-state index in [1.807, 2.05) is 0 Å². The van der Waals surface area contributed by atoms with Crippen molar-refractivity contribution in [1.82, 2.24) is 5.32 Å². The molecular weight excluding hydrogens is 184 g/mol. The zero-order valence-corrected chi connectivity index (χ0v) is 9.42. The second-order valence-electron chi connectivity index (χ2n) is 4.22. The van der Waals surface area contributed by atoms with Gasteiger partial charge in [-0.05, 0) is 24.6 Å². The summed E-state index contributed by atoms with van der Waals surface area (Å²) in [4.78, 5) is 0. The number of unbranched alkanes of at least 4 members (excludes halogenated alkanes) is 1. The van der Waals surface area contributed by atoms with E-state index in [1.165, 1.54) is 24.1 Å². The average Bonchev–Trinajstić information content (AvgIpc) is 2.68. The molecule has 2 heteroatoms. The van der Waals surface area contributed by atoms with Crippen LogP contribution in [0.4, 0.5) is 5.69 Å². The van der Waals surface area contributed by atoms with Gasteiger partial charge < -0.3 is 10.6 Å². The first-order chi connectivity index (χ1) is 7.42. The number of fused-ring (bicyclic) bond motifs is 1. The molecule has 1 aliphatic rings. The predicted molar refractivity (Wildman–Crippen MR) is 65.5 cm³/mol. The summed E-state index contributed by atoms with van der Waals surface area (Å²) in [7, 11) is 0. The zero-order valence-electron chi connectivity index (χ0n) is 9.42. The molecule has 0 saturated carbocycles. The highest BCUT2D eigenvalue weighted by molar-refractivity contribution is 5.57. The number of hydrogen-bond acceptors (Lipinski definition) is 2. The first-order valence-corrected chi connectivity index (χ1v) is 5.95. The Morgan fingerprint density at radius 1 is 1.40 bits per heavy atom. The van der Waals surface area contributed by atoms with Gasteiger partial charge in [-0.15, -0.1) is 0 Å². The van der Waals surface area contributed by atoms with Crippen molar-refractivity contribution < 1.29 is 0 Å².